The van der Waals surface area contributed by atoms with Gasteiger partial charge in [0.2, 0.25) is 0 Å². The lowest BCUT2D eigenvalue weighted by molar-refractivity contribution is 0.0601. The molecule has 112 valence electrons. The number of hydrogen-bond acceptors (Lipinski definition) is 6. The molecule has 2 heterocycles. The van der Waals surface area contributed by atoms with Gasteiger partial charge in [0, 0.05) is 11.9 Å². The van der Waals surface area contributed by atoms with E-state index in [-0.39, 0.29) is 10.7 Å². The Hall–Kier alpha value is -2.74. The van der Waals surface area contributed by atoms with Crippen LogP contribution in [-0.2, 0) is 14.8 Å². The maximum Gasteiger partial charge on any atom is 0.337 e. The third-order valence-electron chi connectivity index (χ3n) is 3.12. The predicted octanol–water partition coefficient (Wildman–Crippen LogP) is 1.74. The Bertz CT molecular complexity index is 860. The van der Waals surface area contributed by atoms with Crippen LogP contribution in [0.25, 0.3) is 0 Å². The number of pyridine rings is 1. The second kappa shape index (κ2) is 5.23. The highest BCUT2D eigenvalue weighted by Gasteiger charge is 2.27. The van der Waals surface area contributed by atoms with Crippen molar-refractivity contribution < 1.29 is 17.9 Å². The Morgan fingerprint density at radius 3 is 2.59 bits per heavy atom. The molecule has 0 aliphatic carbocycles. The summed E-state index contributed by atoms with van der Waals surface area (Å²) in [7, 11) is -2.41. The molecule has 3 rings (SSSR count). The molecule has 0 unspecified atom stereocenters. The third kappa shape index (κ3) is 2.33. The molecule has 0 N–H and O–H groups in total. The monoisotopic (exact) mass is 317 g/mol. The summed E-state index contributed by atoms with van der Waals surface area (Å²) in [5, 5.41) is 0. The number of benzene rings is 1. The van der Waals surface area contributed by atoms with E-state index in [1.54, 1.807) is 24.3 Å². The number of carbonyl (C=O) groups is 1. The summed E-state index contributed by atoms with van der Waals surface area (Å²) >= 11 is 0. The van der Waals surface area contributed by atoms with Crippen LogP contribution < -0.4 is 4.90 Å². The van der Waals surface area contributed by atoms with Crippen molar-refractivity contribution in [1.82, 2.24) is 4.98 Å². The topological polar surface area (TPSA) is 88.9 Å². The molecular formula is C14H11N3O4S. The molecule has 0 saturated heterocycles. The largest absolute Gasteiger partial charge is 0.465 e. The minimum absolute atomic E-state index is 0.0366. The van der Waals surface area contributed by atoms with Crippen LogP contribution in [0.5, 0.6) is 0 Å². The van der Waals surface area contributed by atoms with Crippen molar-refractivity contribution in [1.29, 1.82) is 0 Å². The van der Waals surface area contributed by atoms with Gasteiger partial charge in [-0.15, -0.1) is 4.40 Å². The fourth-order valence-electron chi connectivity index (χ4n) is 2.05. The minimum atomic E-state index is -3.72. The van der Waals surface area contributed by atoms with Crippen LogP contribution in [-0.4, -0.2) is 32.8 Å². The summed E-state index contributed by atoms with van der Waals surface area (Å²) in [6, 6.07) is 9.48. The predicted molar refractivity (Wildman–Crippen MR) is 79.8 cm³/mol. The number of ether oxygens (including phenoxy) is 1. The molecule has 0 bridgehead atoms. The molecule has 2 aromatic rings. The van der Waals surface area contributed by atoms with Gasteiger partial charge in [0.15, 0.2) is 5.82 Å². The van der Waals surface area contributed by atoms with Gasteiger partial charge in [-0.3, -0.25) is 4.90 Å². The Morgan fingerprint density at radius 1 is 1.18 bits per heavy atom. The second-order valence-electron chi connectivity index (χ2n) is 4.43. The van der Waals surface area contributed by atoms with Gasteiger partial charge >= 0.3 is 5.97 Å². The van der Waals surface area contributed by atoms with Gasteiger partial charge in [0.25, 0.3) is 10.0 Å². The van der Waals surface area contributed by atoms with Crippen molar-refractivity contribution in [2.24, 2.45) is 4.40 Å². The number of aromatic nitrogens is 1. The lowest BCUT2D eigenvalue weighted by Crippen LogP contribution is -2.23. The first-order chi connectivity index (χ1) is 10.5. The highest BCUT2D eigenvalue weighted by Crippen LogP contribution is 2.32. The highest BCUT2D eigenvalue weighted by atomic mass is 32.2. The molecule has 8 heteroatoms. The lowest BCUT2D eigenvalue weighted by atomic mass is 10.2. The van der Waals surface area contributed by atoms with Gasteiger partial charge in [0.1, 0.15) is 11.2 Å². The van der Waals surface area contributed by atoms with Crippen molar-refractivity contribution in [2.75, 3.05) is 12.0 Å². The van der Waals surface area contributed by atoms with Crippen LogP contribution >= 0.6 is 0 Å². The van der Waals surface area contributed by atoms with Crippen LogP contribution in [0, 0.1) is 0 Å². The van der Waals surface area contributed by atoms with Crippen LogP contribution in [0.1, 0.15) is 10.4 Å². The smallest absolute Gasteiger partial charge is 0.337 e. The number of hydrogen-bond donors (Lipinski definition) is 0. The number of rotatable bonds is 2. The molecule has 0 saturated carbocycles. The number of anilines is 2. The lowest BCUT2D eigenvalue weighted by Gasteiger charge is -2.23. The van der Waals surface area contributed by atoms with Gasteiger partial charge in [-0.05, 0) is 36.4 Å². The third-order valence-corrected chi connectivity index (χ3v) is 4.37. The fourth-order valence-corrected chi connectivity index (χ4v) is 3.01. The van der Waals surface area contributed by atoms with E-state index >= 15 is 0 Å². The normalized spacial score (nSPS) is 15.2. The molecule has 0 amide bonds. The minimum Gasteiger partial charge on any atom is -0.465 e. The maximum absolute atomic E-state index is 11.9. The van der Waals surface area contributed by atoms with Crippen LogP contribution in [0.4, 0.5) is 11.5 Å². The molecule has 0 spiro atoms. The number of fused-ring (bicyclic) bond motifs is 1. The van der Waals surface area contributed by atoms with Crippen molar-refractivity contribution in [3.8, 4) is 0 Å². The Labute approximate surface area is 126 Å². The average molecular weight is 317 g/mol. The van der Waals surface area contributed by atoms with Crippen molar-refractivity contribution >= 4 is 33.8 Å². The Kier molecular flexibility index (Phi) is 3.38. The molecule has 1 aromatic carbocycles. The number of esters is 1. The summed E-state index contributed by atoms with van der Waals surface area (Å²) in [4.78, 5) is 17.1. The molecule has 1 aliphatic heterocycles. The molecule has 0 atom stereocenters. The molecule has 0 fully saturated rings. The van der Waals surface area contributed by atoms with Gasteiger partial charge < -0.3 is 4.74 Å². The standard InChI is InChI=1S/C14H11N3O4S/c1-21-14(18)10-4-6-11(7-5-10)17-9-16-22(19,20)12-3-2-8-15-13(12)17/h2-9H,1H3. The summed E-state index contributed by atoms with van der Waals surface area (Å²) < 4.78 is 32.0. The summed E-state index contributed by atoms with van der Waals surface area (Å²) in [6.45, 7) is 0. The van der Waals surface area contributed by atoms with E-state index in [2.05, 4.69) is 14.1 Å². The Balaban J connectivity index is 2.05. The molecule has 1 aromatic heterocycles. The first kappa shape index (κ1) is 14.2. The summed E-state index contributed by atoms with van der Waals surface area (Å²) in [6.07, 6.45) is 2.70. The molecule has 0 radical (unpaired) electrons. The number of sulfonamides is 1. The molecule has 1 aliphatic rings. The van der Waals surface area contributed by atoms with Gasteiger partial charge in [0.05, 0.1) is 12.7 Å². The van der Waals surface area contributed by atoms with Crippen molar-refractivity contribution in [3.63, 3.8) is 0 Å². The van der Waals surface area contributed by atoms with Crippen molar-refractivity contribution in [3.05, 3.63) is 48.2 Å². The van der Waals surface area contributed by atoms with Gasteiger partial charge in [-0.2, -0.15) is 8.42 Å². The SMILES string of the molecule is COC(=O)c1ccc(N2C=NS(=O)(=O)c3cccnc32)cc1. The van der Waals surface area contributed by atoms with E-state index in [9.17, 15) is 13.2 Å². The molecule has 7 nitrogen and oxygen atoms in total. The second-order valence-corrected chi connectivity index (χ2v) is 6.03. The quantitative estimate of drug-likeness (QED) is 0.784. The number of carbonyl (C=O) groups excluding carboxylic acids is 1. The highest BCUT2D eigenvalue weighted by molar-refractivity contribution is 7.90. The van der Waals surface area contributed by atoms with E-state index in [0.29, 0.717) is 11.3 Å². The zero-order valence-corrected chi connectivity index (χ0v) is 12.3. The van der Waals surface area contributed by atoms with Crippen LogP contribution in [0.15, 0.2) is 51.9 Å². The average Bonchev–Trinajstić information content (AvgIpc) is 2.55. The van der Waals surface area contributed by atoms with Crippen molar-refractivity contribution in [2.45, 2.75) is 4.90 Å². The first-order valence-corrected chi connectivity index (χ1v) is 7.70. The maximum atomic E-state index is 11.9. The van der Waals surface area contributed by atoms with E-state index < -0.39 is 16.0 Å². The first-order valence-electron chi connectivity index (χ1n) is 6.26. The zero-order valence-electron chi connectivity index (χ0n) is 11.5. The van der Waals surface area contributed by atoms with E-state index in [0.717, 1.165) is 0 Å². The Morgan fingerprint density at radius 2 is 1.91 bits per heavy atom. The summed E-state index contributed by atoms with van der Waals surface area (Å²) in [5.74, 6) is -0.178. The van der Waals surface area contributed by atoms with E-state index in [1.807, 2.05) is 0 Å². The fraction of sp³-hybridized carbons (Fsp3) is 0.0714. The van der Waals surface area contributed by atoms with Gasteiger partial charge in [-0.1, -0.05) is 0 Å². The van der Waals surface area contributed by atoms with Crippen LogP contribution in [0.3, 0.4) is 0 Å². The summed E-state index contributed by atoms with van der Waals surface area (Å²) in [5.41, 5.74) is 1.03. The zero-order chi connectivity index (χ0) is 15.7. The van der Waals surface area contributed by atoms with Gasteiger partial charge in [-0.25, -0.2) is 9.78 Å². The van der Waals surface area contributed by atoms with E-state index in [1.165, 1.54) is 36.7 Å². The molecule has 22 heavy (non-hydrogen) atoms. The number of nitrogens with zero attached hydrogens (tertiary/aromatic N) is 3. The van der Waals surface area contributed by atoms with E-state index in [4.69, 9.17) is 0 Å². The number of methoxy groups -OCH3 is 1. The molecular weight excluding hydrogens is 306 g/mol. The van der Waals surface area contributed by atoms with Crippen LogP contribution in [0.2, 0.25) is 0 Å².